The molecule has 0 bridgehead atoms. The summed E-state index contributed by atoms with van der Waals surface area (Å²) in [6, 6.07) is 8.10. The second-order valence-corrected chi connectivity index (χ2v) is 6.67. The van der Waals surface area contributed by atoms with Gasteiger partial charge in [0.05, 0.1) is 7.11 Å². The van der Waals surface area contributed by atoms with Gasteiger partial charge in [0.25, 0.3) is 0 Å². The first kappa shape index (κ1) is 16.1. The minimum Gasteiger partial charge on any atom is -0.497 e. The summed E-state index contributed by atoms with van der Waals surface area (Å²) in [5, 5.41) is -0.216. The summed E-state index contributed by atoms with van der Waals surface area (Å²) in [6.07, 6.45) is 4.32. The van der Waals surface area contributed by atoms with Crippen LogP contribution in [0.25, 0.3) is 5.57 Å². The van der Waals surface area contributed by atoms with E-state index in [0.717, 1.165) is 18.6 Å². The maximum absolute atomic E-state index is 11.5. The molecule has 0 N–H and O–H groups in total. The molecule has 1 saturated carbocycles. The molecule has 0 amide bonds. The first-order chi connectivity index (χ1) is 9.91. The Morgan fingerprint density at radius 3 is 2.38 bits per heavy atom. The van der Waals surface area contributed by atoms with Gasteiger partial charge in [-0.05, 0) is 52.6 Å². The zero-order chi connectivity index (χ0) is 15.6. The first-order valence-electron chi connectivity index (χ1n) is 7.46. The Morgan fingerprint density at radius 2 is 1.95 bits per heavy atom. The zero-order valence-electron chi connectivity index (χ0n) is 13.2. The normalized spacial score (nSPS) is 23.8. The summed E-state index contributed by atoms with van der Waals surface area (Å²) >= 11 is 5.72. The van der Waals surface area contributed by atoms with Crippen LogP contribution in [0.5, 0.6) is 5.75 Å². The van der Waals surface area contributed by atoms with Crippen molar-refractivity contribution >= 4 is 22.4 Å². The third-order valence-corrected chi connectivity index (χ3v) is 4.75. The van der Waals surface area contributed by atoms with E-state index in [1.807, 2.05) is 12.1 Å². The van der Waals surface area contributed by atoms with E-state index in [9.17, 15) is 4.79 Å². The maximum atomic E-state index is 11.5. The van der Waals surface area contributed by atoms with Crippen LogP contribution in [0.15, 0.2) is 30.3 Å². The maximum Gasteiger partial charge on any atom is 0.225 e. The smallest absolute Gasteiger partial charge is 0.225 e. The molecule has 0 saturated heterocycles. The number of halogens is 1. The number of hydrogen-bond donors (Lipinski definition) is 0. The number of benzene rings is 1. The van der Waals surface area contributed by atoms with E-state index < -0.39 is 0 Å². The number of hydrogen-bond acceptors (Lipinski definition) is 2. The lowest BCUT2D eigenvalue weighted by atomic mass is 9.98. The highest BCUT2D eigenvalue weighted by Crippen LogP contribution is 2.60. The van der Waals surface area contributed by atoms with Crippen LogP contribution in [0.3, 0.4) is 0 Å². The molecule has 2 unspecified atom stereocenters. The topological polar surface area (TPSA) is 26.3 Å². The number of carbonyl (C=O) groups is 1. The van der Waals surface area contributed by atoms with Gasteiger partial charge in [-0.1, -0.05) is 45.4 Å². The van der Waals surface area contributed by atoms with Crippen molar-refractivity contribution in [3.8, 4) is 5.75 Å². The molecule has 1 aliphatic carbocycles. The zero-order valence-corrected chi connectivity index (χ0v) is 13.9. The molecular formula is C18H23ClO2. The van der Waals surface area contributed by atoms with Gasteiger partial charge >= 0.3 is 0 Å². The Balaban J connectivity index is 2.26. The van der Waals surface area contributed by atoms with Crippen LogP contribution in [0.2, 0.25) is 0 Å². The first-order valence-corrected chi connectivity index (χ1v) is 7.84. The van der Waals surface area contributed by atoms with Crippen LogP contribution in [0.1, 0.15) is 39.2 Å². The predicted molar refractivity (Wildman–Crippen MR) is 87.5 cm³/mol. The molecular weight excluding hydrogens is 284 g/mol. The van der Waals surface area contributed by atoms with E-state index in [2.05, 4.69) is 39.0 Å². The number of methoxy groups -OCH3 is 1. The number of allylic oxidation sites excluding steroid dienone is 2. The van der Waals surface area contributed by atoms with Crippen molar-refractivity contribution in [1.29, 1.82) is 0 Å². The molecule has 2 nitrogen and oxygen atoms in total. The van der Waals surface area contributed by atoms with Crippen LogP contribution in [-0.4, -0.2) is 12.4 Å². The highest BCUT2D eigenvalue weighted by Gasteiger charge is 2.59. The van der Waals surface area contributed by atoms with Gasteiger partial charge in [0, 0.05) is 5.92 Å². The van der Waals surface area contributed by atoms with Gasteiger partial charge in [0.2, 0.25) is 5.24 Å². The molecule has 1 aromatic rings. The predicted octanol–water partition coefficient (Wildman–Crippen LogP) is 4.92. The molecule has 2 rings (SSSR count). The van der Waals surface area contributed by atoms with Crippen molar-refractivity contribution in [2.24, 2.45) is 17.3 Å². The van der Waals surface area contributed by atoms with Crippen LogP contribution in [0.4, 0.5) is 0 Å². The lowest BCUT2D eigenvalue weighted by Gasteiger charge is -2.09. The summed E-state index contributed by atoms with van der Waals surface area (Å²) in [5.41, 5.74) is 2.46. The molecule has 1 aliphatic rings. The van der Waals surface area contributed by atoms with Crippen molar-refractivity contribution in [2.45, 2.75) is 33.6 Å². The number of carbonyl (C=O) groups excluding carboxylic acids is 1. The fourth-order valence-corrected chi connectivity index (χ4v) is 3.45. The van der Waals surface area contributed by atoms with Crippen LogP contribution in [-0.2, 0) is 4.79 Å². The molecule has 0 radical (unpaired) electrons. The summed E-state index contributed by atoms with van der Waals surface area (Å²) < 4.78 is 5.20. The standard InChI is InChI=1S/C18H23ClO2/c1-5-6-13(12-7-9-14(21-4)10-8-12)11-15-16(17(19)20)18(15,2)3/h7-11,15-16H,5-6H2,1-4H3/b13-11+. The van der Waals surface area contributed by atoms with Gasteiger partial charge in [0.15, 0.2) is 0 Å². The van der Waals surface area contributed by atoms with Crippen molar-refractivity contribution < 1.29 is 9.53 Å². The minimum atomic E-state index is -0.216. The molecule has 21 heavy (non-hydrogen) atoms. The average molecular weight is 307 g/mol. The number of rotatable bonds is 6. The highest BCUT2D eigenvalue weighted by molar-refractivity contribution is 6.64. The van der Waals surface area contributed by atoms with Crippen molar-refractivity contribution in [3.05, 3.63) is 35.9 Å². The Morgan fingerprint density at radius 1 is 1.33 bits per heavy atom. The lowest BCUT2D eigenvalue weighted by molar-refractivity contribution is -0.113. The Hall–Kier alpha value is -1.28. The van der Waals surface area contributed by atoms with E-state index in [-0.39, 0.29) is 22.5 Å². The van der Waals surface area contributed by atoms with Gasteiger partial charge in [-0.2, -0.15) is 0 Å². The molecule has 1 fully saturated rings. The number of ether oxygens (including phenoxy) is 1. The van der Waals surface area contributed by atoms with E-state index in [1.165, 1.54) is 11.1 Å². The van der Waals surface area contributed by atoms with E-state index in [0.29, 0.717) is 0 Å². The van der Waals surface area contributed by atoms with Crippen molar-refractivity contribution in [2.75, 3.05) is 7.11 Å². The summed E-state index contributed by atoms with van der Waals surface area (Å²) in [4.78, 5) is 11.5. The van der Waals surface area contributed by atoms with Gasteiger partial charge in [-0.25, -0.2) is 0 Å². The van der Waals surface area contributed by atoms with Gasteiger partial charge in [0.1, 0.15) is 5.75 Å². The van der Waals surface area contributed by atoms with Gasteiger partial charge in [-0.15, -0.1) is 0 Å². The van der Waals surface area contributed by atoms with Crippen LogP contribution in [0, 0.1) is 17.3 Å². The molecule has 3 heteroatoms. The fraction of sp³-hybridized carbons (Fsp3) is 0.500. The molecule has 0 spiro atoms. The Kier molecular flexibility index (Phi) is 4.77. The average Bonchev–Trinajstić information content (AvgIpc) is 3.00. The van der Waals surface area contributed by atoms with Crippen molar-refractivity contribution in [1.82, 2.24) is 0 Å². The second-order valence-electron chi connectivity index (χ2n) is 6.30. The van der Waals surface area contributed by atoms with Gasteiger partial charge < -0.3 is 4.74 Å². The fourth-order valence-electron chi connectivity index (χ4n) is 3.04. The quantitative estimate of drug-likeness (QED) is 0.698. The lowest BCUT2D eigenvalue weighted by Crippen LogP contribution is -1.96. The van der Waals surface area contributed by atoms with Crippen LogP contribution < -0.4 is 4.74 Å². The third kappa shape index (κ3) is 3.32. The largest absolute Gasteiger partial charge is 0.497 e. The van der Waals surface area contributed by atoms with E-state index in [1.54, 1.807) is 7.11 Å². The SMILES string of the molecule is CCC/C(=C\C1C(C(=O)Cl)C1(C)C)c1ccc(OC)cc1. The monoisotopic (exact) mass is 306 g/mol. The molecule has 2 atom stereocenters. The van der Waals surface area contributed by atoms with E-state index >= 15 is 0 Å². The molecule has 0 heterocycles. The minimum absolute atomic E-state index is 0.0235. The summed E-state index contributed by atoms with van der Waals surface area (Å²) in [7, 11) is 1.67. The van der Waals surface area contributed by atoms with Crippen molar-refractivity contribution in [3.63, 3.8) is 0 Å². The molecule has 1 aromatic carbocycles. The summed E-state index contributed by atoms with van der Waals surface area (Å²) in [5.74, 6) is 1.05. The Bertz CT molecular complexity index is 543. The molecule has 0 aliphatic heterocycles. The molecule has 114 valence electrons. The summed E-state index contributed by atoms with van der Waals surface area (Å²) in [6.45, 7) is 6.38. The van der Waals surface area contributed by atoms with E-state index in [4.69, 9.17) is 16.3 Å². The Labute approximate surface area is 132 Å². The van der Waals surface area contributed by atoms with Gasteiger partial charge in [-0.3, -0.25) is 4.79 Å². The van der Waals surface area contributed by atoms with Crippen LogP contribution >= 0.6 is 11.6 Å². The highest BCUT2D eigenvalue weighted by atomic mass is 35.5. The second kappa shape index (κ2) is 6.23. The third-order valence-electron chi connectivity index (χ3n) is 4.52. The molecule has 0 aromatic heterocycles.